The summed E-state index contributed by atoms with van der Waals surface area (Å²) in [5.41, 5.74) is 1.66. The van der Waals surface area contributed by atoms with Gasteiger partial charge in [0.05, 0.1) is 27.8 Å². The summed E-state index contributed by atoms with van der Waals surface area (Å²) >= 11 is 0. The van der Waals surface area contributed by atoms with Crippen LogP contribution in [0.4, 0.5) is 8.78 Å². The number of carboxylic acid groups (broad SMARTS) is 1. The Balaban J connectivity index is 1.86. The minimum absolute atomic E-state index is 0.0226. The van der Waals surface area contributed by atoms with Gasteiger partial charge in [-0.3, -0.25) is 4.99 Å². The van der Waals surface area contributed by atoms with Gasteiger partial charge in [-0.15, -0.1) is 0 Å². The van der Waals surface area contributed by atoms with Crippen LogP contribution in [-0.4, -0.2) is 68.8 Å². The maximum absolute atomic E-state index is 13.8. The monoisotopic (exact) mass is 522 g/mol. The van der Waals surface area contributed by atoms with Crippen LogP contribution in [0, 0.1) is 5.41 Å². The lowest BCUT2D eigenvalue weighted by atomic mass is 9.70. The molecule has 0 aromatic heterocycles. The van der Waals surface area contributed by atoms with E-state index in [9.17, 15) is 27.1 Å². The van der Waals surface area contributed by atoms with Gasteiger partial charge in [-0.2, -0.15) is 8.78 Å². The molecule has 0 spiro atoms. The number of carboxylic acids is 1. The minimum Gasteiger partial charge on any atom is -0.480 e. The van der Waals surface area contributed by atoms with Crippen molar-refractivity contribution in [3.05, 3.63) is 64.7 Å². The van der Waals surface area contributed by atoms with Crippen molar-refractivity contribution < 1.29 is 36.6 Å². The highest BCUT2D eigenvalue weighted by molar-refractivity contribution is 7.90. The van der Waals surface area contributed by atoms with Gasteiger partial charge in [0.15, 0.2) is 9.84 Å². The van der Waals surface area contributed by atoms with Crippen LogP contribution in [0.2, 0.25) is 0 Å². The highest BCUT2D eigenvalue weighted by Gasteiger charge is 2.52. The zero-order chi connectivity index (χ0) is 26.3. The first-order valence-electron chi connectivity index (χ1n) is 11.5. The van der Waals surface area contributed by atoms with Gasteiger partial charge in [0, 0.05) is 37.1 Å². The van der Waals surface area contributed by atoms with E-state index in [2.05, 4.69) is 0 Å². The van der Waals surface area contributed by atoms with Crippen molar-refractivity contribution in [2.75, 3.05) is 26.0 Å². The minimum atomic E-state index is -3.39. The Kier molecular flexibility index (Phi) is 7.07. The first-order valence-corrected chi connectivity index (χ1v) is 13.4. The van der Waals surface area contributed by atoms with Gasteiger partial charge in [-0.25, -0.2) is 13.2 Å². The maximum atomic E-state index is 13.8. The molecule has 1 aromatic carbocycles. The zero-order valence-electron chi connectivity index (χ0n) is 20.2. The second kappa shape index (κ2) is 9.78. The quantitative estimate of drug-likeness (QED) is 0.469. The summed E-state index contributed by atoms with van der Waals surface area (Å²) in [7, 11) is -3.39. The Morgan fingerprint density at radius 2 is 1.94 bits per heavy atom. The fraction of sp³-hybridized carbons (Fsp3) is 0.440. The van der Waals surface area contributed by atoms with Gasteiger partial charge in [-0.05, 0) is 37.1 Å². The molecule has 36 heavy (non-hydrogen) atoms. The normalized spacial score (nSPS) is 23.7. The molecule has 1 aromatic rings. The molecule has 4 rings (SSSR count). The summed E-state index contributed by atoms with van der Waals surface area (Å²) in [6, 6.07) is 6.20. The lowest BCUT2D eigenvalue weighted by Gasteiger charge is -2.44. The molecule has 2 aliphatic heterocycles. The van der Waals surface area contributed by atoms with Crippen LogP contribution in [0.5, 0.6) is 0 Å². The van der Waals surface area contributed by atoms with Gasteiger partial charge in [0.1, 0.15) is 12.4 Å². The highest BCUT2D eigenvalue weighted by Crippen LogP contribution is 2.52. The SMILES string of the molecule is CCC1=NC2=C(N3CC3)C=CC(OCC(=O)O)C2(C)C(OC(F)F)=C1Cc1ccc(S(C)(=O)=O)cc1. The number of hydrogen-bond acceptors (Lipinski definition) is 7. The molecule has 1 aliphatic carbocycles. The van der Waals surface area contributed by atoms with Crippen molar-refractivity contribution in [2.45, 2.75) is 44.3 Å². The fourth-order valence-electron chi connectivity index (χ4n) is 4.65. The Hall–Kier alpha value is -3.05. The number of aliphatic carboxylic acids is 1. The number of nitrogens with zero attached hydrogens (tertiary/aromatic N) is 2. The predicted octanol–water partition coefficient (Wildman–Crippen LogP) is 3.56. The summed E-state index contributed by atoms with van der Waals surface area (Å²) in [6.07, 6.45) is 4.26. The number of halogens is 2. The van der Waals surface area contributed by atoms with Crippen molar-refractivity contribution >= 4 is 21.5 Å². The third-order valence-corrected chi connectivity index (χ3v) is 7.65. The number of rotatable bonds is 10. The third kappa shape index (κ3) is 5.08. The van der Waals surface area contributed by atoms with Crippen LogP contribution in [-0.2, 0) is 30.5 Å². The fourth-order valence-corrected chi connectivity index (χ4v) is 5.28. The van der Waals surface area contributed by atoms with Crippen molar-refractivity contribution in [3.63, 3.8) is 0 Å². The van der Waals surface area contributed by atoms with Gasteiger partial charge >= 0.3 is 12.6 Å². The smallest absolute Gasteiger partial charge is 0.387 e. The van der Waals surface area contributed by atoms with Gasteiger partial charge in [0.25, 0.3) is 0 Å². The Morgan fingerprint density at radius 1 is 1.28 bits per heavy atom. The molecular weight excluding hydrogens is 494 g/mol. The predicted molar refractivity (Wildman–Crippen MR) is 128 cm³/mol. The standard InChI is InChI=1S/C25H28F2N2O6S/c1-4-18-17(13-15-5-7-16(8-6-15)36(3,32)33)23(35-24(26)27)25(2)20(34-14-21(30)31)10-9-19(22(25)28-18)29-11-12-29/h5-10,20,24H,4,11-14H2,1-3H3,(H,30,31). The first-order chi connectivity index (χ1) is 16.9. The largest absolute Gasteiger partial charge is 0.480 e. The van der Waals surface area contributed by atoms with E-state index < -0.39 is 40.5 Å². The molecule has 2 atom stereocenters. The molecule has 1 fully saturated rings. The molecule has 0 bridgehead atoms. The number of hydrogen-bond donors (Lipinski definition) is 1. The van der Waals surface area contributed by atoms with Crippen molar-refractivity contribution in [3.8, 4) is 0 Å². The van der Waals surface area contributed by atoms with Crippen LogP contribution in [0.15, 0.2) is 69.0 Å². The summed E-state index contributed by atoms with van der Waals surface area (Å²) < 4.78 is 62.2. The average Bonchev–Trinajstić information content (AvgIpc) is 3.64. The summed E-state index contributed by atoms with van der Waals surface area (Å²) in [5.74, 6) is -1.21. The van der Waals surface area contributed by atoms with Gasteiger partial charge in [0.2, 0.25) is 0 Å². The number of sulfone groups is 1. The van der Waals surface area contributed by atoms with E-state index >= 15 is 0 Å². The molecule has 1 N–H and O–H groups in total. The number of carbonyl (C=O) groups is 1. The molecule has 8 nitrogen and oxygen atoms in total. The summed E-state index contributed by atoms with van der Waals surface area (Å²) in [4.78, 5) is 18.3. The number of aliphatic imine (C=N–C) groups is 1. The van der Waals surface area contributed by atoms with Gasteiger partial charge in [-0.1, -0.05) is 25.1 Å². The van der Waals surface area contributed by atoms with Crippen LogP contribution in [0.1, 0.15) is 25.8 Å². The van der Waals surface area contributed by atoms with Crippen molar-refractivity contribution in [1.82, 2.24) is 4.90 Å². The van der Waals surface area contributed by atoms with E-state index in [-0.39, 0.29) is 17.1 Å². The number of allylic oxidation sites excluding steroid dienone is 2. The first kappa shape index (κ1) is 26.0. The van der Waals surface area contributed by atoms with Crippen molar-refractivity contribution in [1.29, 1.82) is 0 Å². The third-order valence-electron chi connectivity index (χ3n) is 6.52. The molecule has 2 unspecified atom stereocenters. The van der Waals surface area contributed by atoms with E-state index in [0.717, 1.165) is 25.0 Å². The number of dihydropyridines is 1. The van der Waals surface area contributed by atoms with Crippen LogP contribution in [0.25, 0.3) is 0 Å². The summed E-state index contributed by atoms with van der Waals surface area (Å²) in [6.45, 7) is 1.39. The van der Waals surface area contributed by atoms with E-state index in [1.807, 2.05) is 11.8 Å². The van der Waals surface area contributed by atoms with E-state index in [1.54, 1.807) is 31.2 Å². The van der Waals surface area contributed by atoms with Crippen LogP contribution < -0.4 is 0 Å². The Labute approximate surface area is 208 Å². The number of benzene rings is 1. The Morgan fingerprint density at radius 3 is 2.47 bits per heavy atom. The van der Waals surface area contributed by atoms with E-state index in [4.69, 9.17) is 14.5 Å². The number of ether oxygens (including phenoxy) is 2. The highest BCUT2D eigenvalue weighted by atomic mass is 32.2. The summed E-state index contributed by atoms with van der Waals surface area (Å²) in [5, 5.41) is 9.19. The number of fused-ring (bicyclic) bond motifs is 1. The topological polar surface area (TPSA) is 105 Å². The average molecular weight is 523 g/mol. The van der Waals surface area contributed by atoms with E-state index in [0.29, 0.717) is 29.0 Å². The maximum Gasteiger partial charge on any atom is 0.387 e. The van der Waals surface area contributed by atoms with Gasteiger partial charge < -0.3 is 19.5 Å². The Bertz CT molecular complexity index is 1280. The second-order valence-corrected chi connectivity index (χ2v) is 11.1. The van der Waals surface area contributed by atoms with Crippen LogP contribution >= 0.6 is 0 Å². The molecule has 194 valence electrons. The molecular formula is C25H28F2N2O6S. The molecule has 0 saturated carbocycles. The molecule has 11 heteroatoms. The molecule has 0 amide bonds. The second-order valence-electron chi connectivity index (χ2n) is 9.10. The molecule has 3 aliphatic rings. The lowest BCUT2D eigenvalue weighted by Crippen LogP contribution is -2.45. The molecule has 2 heterocycles. The lowest BCUT2D eigenvalue weighted by molar-refractivity contribution is -0.148. The van der Waals surface area contributed by atoms with E-state index in [1.165, 1.54) is 12.1 Å². The molecule has 0 radical (unpaired) electrons. The number of alkyl halides is 2. The van der Waals surface area contributed by atoms with Crippen molar-refractivity contribution in [2.24, 2.45) is 10.4 Å². The van der Waals surface area contributed by atoms with Crippen LogP contribution in [0.3, 0.4) is 0 Å². The molecule has 1 saturated heterocycles. The zero-order valence-corrected chi connectivity index (χ0v) is 21.0.